The number of H-pyrrole nitrogens is 1. The second-order valence-corrected chi connectivity index (χ2v) is 4.46. The molecule has 0 aromatic carbocycles. The van der Waals surface area contributed by atoms with E-state index < -0.39 is 12.8 Å². The highest BCUT2D eigenvalue weighted by Crippen LogP contribution is 2.16. The zero-order valence-electron chi connectivity index (χ0n) is 10.1. The fourth-order valence-electron chi connectivity index (χ4n) is 1.72. The van der Waals surface area contributed by atoms with Crippen molar-refractivity contribution in [1.29, 1.82) is 0 Å². The van der Waals surface area contributed by atoms with Gasteiger partial charge in [0.1, 0.15) is 6.61 Å². The normalized spacial score (nSPS) is 12.2. The molecule has 4 nitrogen and oxygen atoms in total. The maximum absolute atomic E-state index is 11.9. The van der Waals surface area contributed by atoms with Crippen LogP contribution in [-0.2, 0) is 11.3 Å². The van der Waals surface area contributed by atoms with Gasteiger partial charge >= 0.3 is 6.18 Å². The summed E-state index contributed by atoms with van der Waals surface area (Å²) in [5.74, 6) is 0. The summed E-state index contributed by atoms with van der Waals surface area (Å²) in [6.45, 7) is 0.802. The van der Waals surface area contributed by atoms with E-state index in [1.165, 1.54) is 0 Å². The molecule has 104 valence electrons. The van der Waals surface area contributed by atoms with E-state index in [4.69, 9.17) is 12.2 Å². The molecule has 0 aliphatic rings. The maximum atomic E-state index is 11.9. The van der Waals surface area contributed by atoms with Crippen molar-refractivity contribution < 1.29 is 17.9 Å². The van der Waals surface area contributed by atoms with Gasteiger partial charge in [0.2, 0.25) is 0 Å². The van der Waals surface area contributed by atoms with E-state index in [2.05, 4.69) is 14.7 Å². The first kappa shape index (κ1) is 14.0. The highest BCUT2D eigenvalue weighted by molar-refractivity contribution is 7.71. The van der Waals surface area contributed by atoms with Crippen molar-refractivity contribution in [3.63, 3.8) is 0 Å². The van der Waals surface area contributed by atoms with Gasteiger partial charge in [0, 0.05) is 6.20 Å². The summed E-state index contributed by atoms with van der Waals surface area (Å²) in [5.41, 5.74) is 2.40. The maximum Gasteiger partial charge on any atom is 0.411 e. The monoisotopic (exact) mass is 291 g/mol. The molecule has 8 heteroatoms. The molecule has 0 saturated carbocycles. The SMILES string of the molecule is Cc1ccnc2c1[nH]c(=S)n2CCOCC(F)(F)F. The number of imidazole rings is 1. The Bertz CT molecular complexity index is 632. The van der Waals surface area contributed by atoms with E-state index in [1.54, 1.807) is 10.8 Å². The summed E-state index contributed by atoms with van der Waals surface area (Å²) in [7, 11) is 0. The summed E-state index contributed by atoms with van der Waals surface area (Å²) in [4.78, 5) is 7.17. The number of hydrogen-bond donors (Lipinski definition) is 1. The Labute approximate surface area is 112 Å². The first-order chi connectivity index (χ1) is 8.88. The number of alkyl halides is 3. The number of halogens is 3. The summed E-state index contributed by atoms with van der Waals surface area (Å²) >= 11 is 5.13. The lowest BCUT2D eigenvalue weighted by atomic mass is 10.3. The predicted octanol–water partition coefficient (Wildman–Crippen LogP) is 2.98. The lowest BCUT2D eigenvalue weighted by Gasteiger charge is -2.08. The molecule has 0 bridgehead atoms. The molecule has 0 spiro atoms. The van der Waals surface area contributed by atoms with E-state index in [-0.39, 0.29) is 13.2 Å². The molecule has 0 aliphatic carbocycles. The van der Waals surface area contributed by atoms with Crippen LogP contribution in [0, 0.1) is 11.7 Å². The lowest BCUT2D eigenvalue weighted by Crippen LogP contribution is -2.19. The van der Waals surface area contributed by atoms with Crippen LogP contribution in [0.5, 0.6) is 0 Å². The van der Waals surface area contributed by atoms with Gasteiger partial charge in [-0.2, -0.15) is 13.2 Å². The number of nitrogens with one attached hydrogen (secondary N) is 1. The van der Waals surface area contributed by atoms with E-state index in [1.807, 2.05) is 13.0 Å². The Morgan fingerprint density at radius 2 is 2.21 bits per heavy atom. The quantitative estimate of drug-likeness (QED) is 0.695. The molecule has 19 heavy (non-hydrogen) atoms. The molecule has 2 rings (SSSR count). The first-order valence-corrected chi connectivity index (χ1v) is 5.98. The van der Waals surface area contributed by atoms with Gasteiger partial charge in [0.15, 0.2) is 10.4 Å². The van der Waals surface area contributed by atoms with Crippen molar-refractivity contribution in [3.8, 4) is 0 Å². The molecule has 0 fully saturated rings. The van der Waals surface area contributed by atoms with Crippen LogP contribution in [0.3, 0.4) is 0 Å². The largest absolute Gasteiger partial charge is 0.411 e. The van der Waals surface area contributed by atoms with E-state index in [0.717, 1.165) is 11.1 Å². The van der Waals surface area contributed by atoms with E-state index in [9.17, 15) is 13.2 Å². The number of aromatic nitrogens is 3. The molecule has 0 radical (unpaired) electrons. The van der Waals surface area contributed by atoms with Crippen molar-refractivity contribution >= 4 is 23.4 Å². The van der Waals surface area contributed by atoms with Crippen molar-refractivity contribution in [2.24, 2.45) is 0 Å². The molecule has 0 aliphatic heterocycles. The molecule has 0 atom stereocenters. The molecule has 0 amide bonds. The van der Waals surface area contributed by atoms with Crippen molar-refractivity contribution in [3.05, 3.63) is 22.6 Å². The Morgan fingerprint density at radius 3 is 2.89 bits per heavy atom. The number of nitrogens with zero attached hydrogens (tertiary/aromatic N) is 2. The van der Waals surface area contributed by atoms with Gasteiger partial charge in [-0.15, -0.1) is 0 Å². The van der Waals surface area contributed by atoms with Crippen LogP contribution in [0.1, 0.15) is 5.56 Å². The second-order valence-electron chi connectivity index (χ2n) is 4.08. The smallest absolute Gasteiger partial charge is 0.370 e. The van der Waals surface area contributed by atoms with Crippen LogP contribution in [-0.4, -0.2) is 33.9 Å². The number of pyridine rings is 1. The third kappa shape index (κ3) is 3.32. The number of ether oxygens (including phenoxy) is 1. The number of fused-ring (bicyclic) bond motifs is 1. The third-order valence-electron chi connectivity index (χ3n) is 2.60. The Balaban J connectivity index is 2.11. The highest BCUT2D eigenvalue weighted by atomic mass is 32.1. The minimum Gasteiger partial charge on any atom is -0.370 e. The van der Waals surface area contributed by atoms with Crippen LogP contribution in [0.4, 0.5) is 13.2 Å². The fraction of sp³-hybridized carbons (Fsp3) is 0.455. The molecule has 1 N–H and O–H groups in total. The van der Waals surface area contributed by atoms with Gasteiger partial charge < -0.3 is 9.72 Å². The van der Waals surface area contributed by atoms with Gasteiger partial charge in [0.25, 0.3) is 0 Å². The fourth-order valence-corrected chi connectivity index (χ4v) is 2.00. The average molecular weight is 291 g/mol. The summed E-state index contributed by atoms with van der Waals surface area (Å²) < 4.78 is 42.4. The number of rotatable bonds is 4. The number of aromatic amines is 1. The average Bonchev–Trinajstić information content (AvgIpc) is 2.62. The van der Waals surface area contributed by atoms with Gasteiger partial charge in [-0.1, -0.05) is 0 Å². The third-order valence-corrected chi connectivity index (χ3v) is 2.92. The Kier molecular flexibility index (Phi) is 3.91. The van der Waals surface area contributed by atoms with Crippen LogP contribution in [0.15, 0.2) is 12.3 Å². The van der Waals surface area contributed by atoms with Crippen molar-refractivity contribution in [2.75, 3.05) is 13.2 Å². The highest BCUT2D eigenvalue weighted by Gasteiger charge is 2.27. The first-order valence-electron chi connectivity index (χ1n) is 5.57. The molecular weight excluding hydrogens is 279 g/mol. The minimum absolute atomic E-state index is 0.0730. The van der Waals surface area contributed by atoms with Gasteiger partial charge in [-0.25, -0.2) is 4.98 Å². The van der Waals surface area contributed by atoms with Crippen LogP contribution in [0.25, 0.3) is 11.2 Å². The minimum atomic E-state index is -4.31. The standard InChI is InChI=1S/C11H12F3N3OS/c1-7-2-3-15-9-8(7)16-10(19)17(9)4-5-18-6-11(12,13)14/h2-3H,4-6H2,1H3,(H,16,19). The zero-order chi connectivity index (χ0) is 14.0. The van der Waals surface area contributed by atoms with Crippen LogP contribution >= 0.6 is 12.2 Å². The van der Waals surface area contributed by atoms with Crippen molar-refractivity contribution in [1.82, 2.24) is 14.5 Å². The second kappa shape index (κ2) is 5.30. The van der Waals surface area contributed by atoms with Gasteiger partial charge in [0.05, 0.1) is 18.7 Å². The topological polar surface area (TPSA) is 42.8 Å². The predicted molar refractivity (Wildman–Crippen MR) is 66.5 cm³/mol. The Morgan fingerprint density at radius 1 is 1.47 bits per heavy atom. The van der Waals surface area contributed by atoms with E-state index in [0.29, 0.717) is 10.4 Å². The molecular formula is C11H12F3N3OS. The molecule has 0 saturated heterocycles. The lowest BCUT2D eigenvalue weighted by molar-refractivity contribution is -0.174. The van der Waals surface area contributed by atoms with Crippen LogP contribution in [0.2, 0.25) is 0 Å². The van der Waals surface area contributed by atoms with Gasteiger partial charge in [-0.3, -0.25) is 4.57 Å². The van der Waals surface area contributed by atoms with Gasteiger partial charge in [-0.05, 0) is 30.8 Å². The zero-order valence-corrected chi connectivity index (χ0v) is 10.9. The van der Waals surface area contributed by atoms with Crippen molar-refractivity contribution in [2.45, 2.75) is 19.6 Å². The summed E-state index contributed by atoms with van der Waals surface area (Å²) in [6, 6.07) is 1.83. The number of hydrogen-bond acceptors (Lipinski definition) is 3. The molecule has 0 unspecified atom stereocenters. The molecule has 2 aromatic heterocycles. The Hall–Kier alpha value is -1.41. The molecule has 2 aromatic rings. The summed E-state index contributed by atoms with van der Waals surface area (Å²) in [6.07, 6.45) is -2.68. The van der Waals surface area contributed by atoms with Crippen LogP contribution < -0.4 is 0 Å². The molecule has 2 heterocycles. The van der Waals surface area contributed by atoms with E-state index >= 15 is 0 Å². The summed E-state index contributed by atoms with van der Waals surface area (Å²) in [5, 5.41) is 0. The number of aryl methyl sites for hydroxylation is 1.